The largest absolute Gasteiger partial charge is 0.361 e. The molecule has 2 fully saturated rings. The van der Waals surface area contributed by atoms with Gasteiger partial charge in [-0.1, -0.05) is 0 Å². The van der Waals surface area contributed by atoms with Gasteiger partial charge in [0.25, 0.3) is 0 Å². The first-order chi connectivity index (χ1) is 14.2. The SMILES string of the molecule is O=[N+]([O-])c1cccnc1Nc1ccc2[nH]cc(C[C@H]3CCCN3CC3CC3)c2c1. The van der Waals surface area contributed by atoms with Crippen molar-refractivity contribution >= 4 is 28.1 Å². The number of aromatic amines is 1. The lowest BCUT2D eigenvalue weighted by molar-refractivity contribution is -0.384. The first kappa shape index (κ1) is 18.1. The quantitative estimate of drug-likeness (QED) is 0.453. The summed E-state index contributed by atoms with van der Waals surface area (Å²) in [7, 11) is 0. The lowest BCUT2D eigenvalue weighted by atomic mass is 10.0. The lowest BCUT2D eigenvalue weighted by Crippen LogP contribution is -2.32. The Bertz CT molecular complexity index is 1040. The van der Waals surface area contributed by atoms with E-state index in [4.69, 9.17) is 0 Å². The third-order valence-electron chi connectivity index (χ3n) is 6.16. The third kappa shape index (κ3) is 3.82. The van der Waals surface area contributed by atoms with E-state index in [1.165, 1.54) is 55.8 Å². The van der Waals surface area contributed by atoms with Crippen molar-refractivity contribution in [2.24, 2.45) is 5.92 Å². The summed E-state index contributed by atoms with van der Waals surface area (Å²) in [4.78, 5) is 21.0. The summed E-state index contributed by atoms with van der Waals surface area (Å²) >= 11 is 0. The molecule has 1 aliphatic carbocycles. The van der Waals surface area contributed by atoms with E-state index in [0.717, 1.165) is 23.5 Å². The number of fused-ring (bicyclic) bond motifs is 1. The van der Waals surface area contributed by atoms with Crippen molar-refractivity contribution in [1.29, 1.82) is 0 Å². The minimum absolute atomic E-state index is 0.0245. The number of H-pyrrole nitrogens is 1. The normalized spacial score (nSPS) is 19.7. The average Bonchev–Trinajstić information content (AvgIpc) is 3.30. The van der Waals surface area contributed by atoms with Crippen molar-refractivity contribution in [1.82, 2.24) is 14.9 Å². The molecule has 150 valence electrons. The maximum absolute atomic E-state index is 11.3. The third-order valence-corrected chi connectivity index (χ3v) is 6.16. The van der Waals surface area contributed by atoms with Gasteiger partial charge in [0.1, 0.15) is 0 Å². The van der Waals surface area contributed by atoms with Crippen molar-refractivity contribution < 1.29 is 4.92 Å². The molecule has 1 aliphatic heterocycles. The number of benzene rings is 1. The molecule has 0 radical (unpaired) electrons. The standard InChI is InChI=1S/C22H25N5O2/c28-27(29)21-4-1-9-23-22(21)25-17-7-8-20-19(12-17)16(13-24-20)11-18-3-2-10-26(18)14-15-5-6-15/h1,4,7-9,12-13,15,18,24H,2-3,5-6,10-11,14H2,(H,23,25)/t18-/m1/s1. The maximum atomic E-state index is 11.3. The summed E-state index contributed by atoms with van der Waals surface area (Å²) in [6.07, 6.45) is 10.1. The van der Waals surface area contributed by atoms with E-state index in [2.05, 4.69) is 32.4 Å². The molecule has 1 saturated heterocycles. The number of aromatic nitrogens is 2. The summed E-state index contributed by atoms with van der Waals surface area (Å²) in [6, 6.07) is 9.67. The van der Waals surface area contributed by atoms with Crippen LogP contribution in [0.15, 0.2) is 42.7 Å². The van der Waals surface area contributed by atoms with E-state index < -0.39 is 4.92 Å². The smallest absolute Gasteiger partial charge is 0.311 e. The molecule has 2 aromatic heterocycles. The van der Waals surface area contributed by atoms with Gasteiger partial charge in [-0.15, -0.1) is 0 Å². The number of anilines is 2. The van der Waals surface area contributed by atoms with Crippen molar-refractivity contribution in [3.63, 3.8) is 0 Å². The molecule has 1 atom stereocenters. The van der Waals surface area contributed by atoms with Gasteiger partial charge in [-0.05, 0) is 74.4 Å². The maximum Gasteiger partial charge on any atom is 0.311 e. The Morgan fingerprint density at radius 1 is 1.28 bits per heavy atom. The number of pyridine rings is 1. The molecule has 3 aromatic rings. The number of nitro groups is 1. The Kier molecular flexibility index (Phi) is 4.67. The van der Waals surface area contributed by atoms with Gasteiger partial charge in [0.2, 0.25) is 5.82 Å². The van der Waals surface area contributed by atoms with Crippen molar-refractivity contribution in [2.75, 3.05) is 18.4 Å². The second-order valence-corrected chi connectivity index (χ2v) is 8.27. The average molecular weight is 391 g/mol. The summed E-state index contributed by atoms with van der Waals surface area (Å²) in [5.41, 5.74) is 3.18. The van der Waals surface area contributed by atoms with Gasteiger partial charge in [-0.25, -0.2) is 4.98 Å². The predicted octanol–water partition coefficient (Wildman–Crippen LogP) is 4.63. The number of nitrogens with zero attached hydrogens (tertiary/aromatic N) is 3. The zero-order valence-corrected chi connectivity index (χ0v) is 16.3. The lowest BCUT2D eigenvalue weighted by Gasteiger charge is -2.24. The van der Waals surface area contributed by atoms with E-state index >= 15 is 0 Å². The molecule has 0 amide bonds. The molecule has 1 saturated carbocycles. The number of nitrogens with one attached hydrogen (secondary N) is 2. The van der Waals surface area contributed by atoms with Gasteiger partial charge in [-0.3, -0.25) is 15.0 Å². The van der Waals surface area contributed by atoms with Crippen LogP contribution < -0.4 is 5.32 Å². The monoisotopic (exact) mass is 391 g/mol. The molecule has 29 heavy (non-hydrogen) atoms. The topological polar surface area (TPSA) is 87.1 Å². The van der Waals surface area contributed by atoms with Gasteiger partial charge in [-0.2, -0.15) is 0 Å². The summed E-state index contributed by atoms with van der Waals surface area (Å²) in [5, 5.41) is 15.6. The zero-order chi connectivity index (χ0) is 19.8. The van der Waals surface area contributed by atoms with Crippen LogP contribution in [-0.4, -0.2) is 38.9 Å². The Morgan fingerprint density at radius 2 is 2.17 bits per heavy atom. The summed E-state index contributed by atoms with van der Waals surface area (Å²) in [6.45, 7) is 2.48. The molecule has 0 unspecified atom stereocenters. The second-order valence-electron chi connectivity index (χ2n) is 8.27. The number of hydrogen-bond donors (Lipinski definition) is 2. The van der Waals surface area contributed by atoms with Crippen LogP contribution in [0, 0.1) is 16.0 Å². The summed E-state index contributed by atoms with van der Waals surface area (Å²) < 4.78 is 0. The van der Waals surface area contributed by atoms with E-state index in [0.29, 0.717) is 6.04 Å². The fraction of sp³-hybridized carbons (Fsp3) is 0.409. The van der Waals surface area contributed by atoms with Gasteiger partial charge < -0.3 is 10.3 Å². The Hall–Kier alpha value is -2.93. The van der Waals surface area contributed by atoms with Crippen LogP contribution in [0.4, 0.5) is 17.2 Å². The molecule has 3 heterocycles. The molecule has 0 bridgehead atoms. The highest BCUT2D eigenvalue weighted by Crippen LogP contribution is 2.34. The molecule has 7 heteroatoms. The Balaban J connectivity index is 1.38. The Labute approximate surface area is 169 Å². The van der Waals surface area contributed by atoms with Crippen molar-refractivity contribution in [2.45, 2.75) is 38.1 Å². The van der Waals surface area contributed by atoms with Crippen LogP contribution in [0.5, 0.6) is 0 Å². The van der Waals surface area contributed by atoms with Gasteiger partial charge in [0.15, 0.2) is 0 Å². The van der Waals surface area contributed by atoms with E-state index in [-0.39, 0.29) is 11.5 Å². The Morgan fingerprint density at radius 3 is 3.00 bits per heavy atom. The number of hydrogen-bond acceptors (Lipinski definition) is 5. The molecule has 5 rings (SSSR count). The van der Waals surface area contributed by atoms with Gasteiger partial charge >= 0.3 is 5.69 Å². The van der Waals surface area contributed by atoms with Crippen molar-refractivity contribution in [3.8, 4) is 0 Å². The van der Waals surface area contributed by atoms with Crippen LogP contribution in [0.1, 0.15) is 31.2 Å². The minimum Gasteiger partial charge on any atom is -0.361 e. The second kappa shape index (κ2) is 7.48. The predicted molar refractivity (Wildman–Crippen MR) is 113 cm³/mol. The first-order valence-corrected chi connectivity index (χ1v) is 10.4. The molecule has 0 spiro atoms. The highest BCUT2D eigenvalue weighted by molar-refractivity contribution is 5.87. The van der Waals surface area contributed by atoms with Crippen LogP contribution in [0.3, 0.4) is 0 Å². The summed E-state index contributed by atoms with van der Waals surface area (Å²) in [5.74, 6) is 1.18. The molecular weight excluding hydrogens is 366 g/mol. The number of likely N-dealkylation sites (tertiary alicyclic amines) is 1. The van der Waals surface area contributed by atoms with Crippen LogP contribution >= 0.6 is 0 Å². The van der Waals surface area contributed by atoms with E-state index in [9.17, 15) is 10.1 Å². The highest BCUT2D eigenvalue weighted by atomic mass is 16.6. The van der Waals surface area contributed by atoms with E-state index in [1.54, 1.807) is 12.3 Å². The molecular formula is C22H25N5O2. The highest BCUT2D eigenvalue weighted by Gasteiger charge is 2.31. The fourth-order valence-electron chi connectivity index (χ4n) is 4.45. The van der Waals surface area contributed by atoms with Crippen LogP contribution in [0.2, 0.25) is 0 Å². The first-order valence-electron chi connectivity index (χ1n) is 10.4. The number of rotatable bonds is 7. The minimum atomic E-state index is -0.413. The molecule has 2 aliphatic rings. The van der Waals surface area contributed by atoms with Gasteiger partial charge in [0.05, 0.1) is 4.92 Å². The molecule has 2 N–H and O–H groups in total. The van der Waals surface area contributed by atoms with Crippen LogP contribution in [-0.2, 0) is 6.42 Å². The van der Waals surface area contributed by atoms with Crippen molar-refractivity contribution in [3.05, 3.63) is 58.4 Å². The van der Waals surface area contributed by atoms with Gasteiger partial charge in [0, 0.05) is 47.6 Å². The zero-order valence-electron chi connectivity index (χ0n) is 16.3. The molecule has 1 aromatic carbocycles. The van der Waals surface area contributed by atoms with Crippen LogP contribution in [0.25, 0.3) is 10.9 Å². The van der Waals surface area contributed by atoms with E-state index in [1.807, 2.05) is 12.1 Å². The molecule has 7 nitrogen and oxygen atoms in total. The fourth-order valence-corrected chi connectivity index (χ4v) is 4.45.